The lowest BCUT2D eigenvalue weighted by Gasteiger charge is -2.37. The molecule has 2 nitrogen and oxygen atoms in total. The molecule has 7 unspecified atom stereocenters. The zero-order valence-corrected chi connectivity index (χ0v) is 13.5. The van der Waals surface area contributed by atoms with Crippen LogP contribution in [-0.2, 0) is 9.53 Å². The molecule has 21 heavy (non-hydrogen) atoms. The van der Waals surface area contributed by atoms with E-state index in [0.717, 1.165) is 48.9 Å². The molecule has 0 spiro atoms. The van der Waals surface area contributed by atoms with Gasteiger partial charge in [0.25, 0.3) is 0 Å². The third-order valence-corrected chi connectivity index (χ3v) is 7.42. The number of hydrogen-bond acceptors (Lipinski definition) is 2. The number of allylic oxidation sites excluding steroid dienone is 2. The van der Waals surface area contributed by atoms with Crippen LogP contribution < -0.4 is 0 Å². The number of fused-ring (bicyclic) bond motifs is 9. The maximum atomic E-state index is 12.7. The summed E-state index contributed by atoms with van der Waals surface area (Å²) < 4.78 is 5.94. The van der Waals surface area contributed by atoms with Gasteiger partial charge in [-0.2, -0.15) is 0 Å². The molecular formula is C19H28O2. The van der Waals surface area contributed by atoms with E-state index in [4.69, 9.17) is 4.74 Å². The number of ether oxygens (including phenoxy) is 1. The van der Waals surface area contributed by atoms with E-state index in [-0.39, 0.29) is 17.5 Å². The van der Waals surface area contributed by atoms with Gasteiger partial charge < -0.3 is 4.74 Å². The second-order valence-corrected chi connectivity index (χ2v) is 8.18. The summed E-state index contributed by atoms with van der Waals surface area (Å²) in [6.07, 6.45) is 10.5. The van der Waals surface area contributed by atoms with Crippen molar-refractivity contribution in [3.63, 3.8) is 0 Å². The third-order valence-electron chi connectivity index (χ3n) is 7.42. The maximum absolute atomic E-state index is 12.7. The molecule has 0 radical (unpaired) electrons. The number of hydrogen-bond donors (Lipinski definition) is 0. The summed E-state index contributed by atoms with van der Waals surface area (Å²) >= 11 is 0. The Bertz CT molecular complexity index is 476. The first-order valence-corrected chi connectivity index (χ1v) is 8.97. The van der Waals surface area contributed by atoms with E-state index in [1.165, 1.54) is 12.8 Å². The quantitative estimate of drug-likeness (QED) is 0.440. The van der Waals surface area contributed by atoms with E-state index in [1.807, 2.05) is 0 Å². The first-order valence-electron chi connectivity index (χ1n) is 8.97. The van der Waals surface area contributed by atoms with Gasteiger partial charge in [-0.3, -0.25) is 4.79 Å². The summed E-state index contributed by atoms with van der Waals surface area (Å²) in [6.45, 7) is 6.32. The number of esters is 1. The van der Waals surface area contributed by atoms with Gasteiger partial charge in [-0.05, 0) is 74.5 Å². The Labute approximate surface area is 128 Å². The smallest absolute Gasteiger partial charge is 0.309 e. The van der Waals surface area contributed by atoms with Gasteiger partial charge in [-0.15, -0.1) is 0 Å². The van der Waals surface area contributed by atoms with Crippen LogP contribution in [0.1, 0.15) is 52.9 Å². The molecule has 4 bridgehead atoms. The van der Waals surface area contributed by atoms with Crippen LogP contribution in [0, 0.1) is 41.4 Å². The van der Waals surface area contributed by atoms with Gasteiger partial charge in [0, 0.05) is 0 Å². The predicted octanol–water partition coefficient (Wildman–Crippen LogP) is 4.20. The number of carbonyl (C=O) groups excluding carboxylic acids is 1. The highest BCUT2D eigenvalue weighted by molar-refractivity contribution is 5.74. The van der Waals surface area contributed by atoms with Crippen molar-refractivity contribution in [3.05, 3.63) is 12.2 Å². The molecule has 0 aromatic heterocycles. The van der Waals surface area contributed by atoms with Crippen molar-refractivity contribution < 1.29 is 9.53 Å². The lowest BCUT2D eigenvalue weighted by molar-refractivity contribution is -0.167. The highest BCUT2D eigenvalue weighted by atomic mass is 16.6. The Morgan fingerprint density at radius 3 is 2.43 bits per heavy atom. The monoisotopic (exact) mass is 288 g/mol. The van der Waals surface area contributed by atoms with Gasteiger partial charge in [0.05, 0.1) is 5.92 Å². The lowest BCUT2D eigenvalue weighted by atomic mass is 9.69. The molecule has 4 aliphatic carbocycles. The van der Waals surface area contributed by atoms with Crippen molar-refractivity contribution in [1.29, 1.82) is 0 Å². The highest BCUT2D eigenvalue weighted by Gasteiger charge is 2.62. The molecule has 4 aliphatic rings. The summed E-state index contributed by atoms with van der Waals surface area (Å²) in [5.74, 6) is 5.03. The summed E-state index contributed by atoms with van der Waals surface area (Å²) in [4.78, 5) is 12.7. The van der Waals surface area contributed by atoms with E-state index in [9.17, 15) is 4.79 Å². The van der Waals surface area contributed by atoms with Crippen LogP contribution in [0.2, 0.25) is 0 Å². The van der Waals surface area contributed by atoms with Crippen molar-refractivity contribution in [2.75, 3.05) is 0 Å². The van der Waals surface area contributed by atoms with Crippen LogP contribution in [0.4, 0.5) is 0 Å². The molecule has 116 valence electrons. The van der Waals surface area contributed by atoms with E-state index >= 15 is 0 Å². The zero-order chi connectivity index (χ0) is 14.8. The van der Waals surface area contributed by atoms with Crippen molar-refractivity contribution in [3.8, 4) is 0 Å². The summed E-state index contributed by atoms with van der Waals surface area (Å²) in [7, 11) is 0. The topological polar surface area (TPSA) is 26.3 Å². The molecule has 0 N–H and O–H groups in total. The Kier molecular flexibility index (Phi) is 3.03. The van der Waals surface area contributed by atoms with Crippen LogP contribution in [0.25, 0.3) is 0 Å². The van der Waals surface area contributed by atoms with Crippen molar-refractivity contribution in [2.24, 2.45) is 41.4 Å². The van der Waals surface area contributed by atoms with Crippen LogP contribution in [0.15, 0.2) is 12.2 Å². The Hall–Kier alpha value is -0.790. The molecule has 3 saturated carbocycles. The van der Waals surface area contributed by atoms with Crippen LogP contribution >= 0.6 is 0 Å². The maximum Gasteiger partial charge on any atom is 0.309 e. The van der Waals surface area contributed by atoms with E-state index in [2.05, 4.69) is 32.9 Å². The van der Waals surface area contributed by atoms with Gasteiger partial charge in [0.2, 0.25) is 0 Å². The molecule has 7 atom stereocenters. The summed E-state index contributed by atoms with van der Waals surface area (Å²) in [5, 5.41) is 0. The fourth-order valence-corrected chi connectivity index (χ4v) is 6.00. The molecule has 0 heterocycles. The van der Waals surface area contributed by atoms with Crippen molar-refractivity contribution >= 4 is 5.97 Å². The predicted molar refractivity (Wildman–Crippen MR) is 82.5 cm³/mol. The van der Waals surface area contributed by atoms with Crippen molar-refractivity contribution in [2.45, 2.75) is 58.5 Å². The molecule has 4 rings (SSSR count). The van der Waals surface area contributed by atoms with Gasteiger partial charge in [-0.1, -0.05) is 26.0 Å². The van der Waals surface area contributed by atoms with Gasteiger partial charge in [0.1, 0.15) is 5.60 Å². The van der Waals surface area contributed by atoms with Crippen LogP contribution in [0.5, 0.6) is 0 Å². The molecule has 0 aromatic rings. The second kappa shape index (κ2) is 4.60. The standard InChI is InChI=1S/C19H28O2/c1-4-19(3,5-2)21-18(20)15-10-13-9-14(15)17-12-7-6-11(8-12)16(13)17/h6-7,11-17H,4-5,8-10H2,1-3H3. The van der Waals surface area contributed by atoms with Gasteiger partial charge in [0.15, 0.2) is 0 Å². The van der Waals surface area contributed by atoms with E-state index in [0.29, 0.717) is 5.92 Å². The minimum atomic E-state index is -0.257. The second-order valence-electron chi connectivity index (χ2n) is 8.18. The fraction of sp³-hybridized carbons (Fsp3) is 0.842. The largest absolute Gasteiger partial charge is 0.459 e. The first-order chi connectivity index (χ1) is 10.1. The molecule has 3 fully saturated rings. The fourth-order valence-electron chi connectivity index (χ4n) is 6.00. The minimum absolute atomic E-state index is 0.110. The summed E-state index contributed by atoms with van der Waals surface area (Å²) in [6, 6.07) is 0. The van der Waals surface area contributed by atoms with E-state index < -0.39 is 0 Å². The molecule has 0 amide bonds. The normalized spacial score (nSPS) is 46.1. The Morgan fingerprint density at radius 1 is 1.10 bits per heavy atom. The average molecular weight is 288 g/mol. The van der Waals surface area contributed by atoms with Gasteiger partial charge >= 0.3 is 5.97 Å². The van der Waals surface area contributed by atoms with Crippen LogP contribution in [0.3, 0.4) is 0 Å². The lowest BCUT2D eigenvalue weighted by Crippen LogP contribution is -2.39. The zero-order valence-electron chi connectivity index (χ0n) is 13.5. The number of carbonyl (C=O) groups is 1. The van der Waals surface area contributed by atoms with Crippen molar-refractivity contribution in [1.82, 2.24) is 0 Å². The van der Waals surface area contributed by atoms with Crippen LogP contribution in [-0.4, -0.2) is 11.6 Å². The number of rotatable bonds is 4. The molecule has 0 aromatic carbocycles. The molecular weight excluding hydrogens is 260 g/mol. The molecule has 0 aliphatic heterocycles. The molecule has 0 saturated heterocycles. The summed E-state index contributed by atoms with van der Waals surface area (Å²) in [5.41, 5.74) is -0.257. The Morgan fingerprint density at radius 2 is 1.76 bits per heavy atom. The minimum Gasteiger partial charge on any atom is -0.459 e. The van der Waals surface area contributed by atoms with Gasteiger partial charge in [-0.25, -0.2) is 0 Å². The Balaban J connectivity index is 1.49. The SMILES string of the molecule is CCC(C)(CC)OC(=O)C1CC2CC1C1C3C=CC(C3)C21. The molecule has 2 heteroatoms. The first kappa shape index (κ1) is 13.8. The third kappa shape index (κ3) is 1.87. The van der Waals surface area contributed by atoms with E-state index in [1.54, 1.807) is 0 Å². The average Bonchev–Trinajstić information content (AvgIpc) is 3.23. The highest BCUT2D eigenvalue weighted by Crippen LogP contribution is 2.67.